The van der Waals surface area contributed by atoms with Crippen LogP contribution in [0, 0.1) is 0 Å². The molecule has 0 fully saturated rings. The van der Waals surface area contributed by atoms with Crippen molar-refractivity contribution in [2.75, 3.05) is 0 Å². The summed E-state index contributed by atoms with van der Waals surface area (Å²) in [6.07, 6.45) is 6.02. The molecule has 1 aliphatic rings. The van der Waals surface area contributed by atoms with Crippen LogP contribution in [-0.4, -0.2) is 14.8 Å². The van der Waals surface area contributed by atoms with E-state index in [1.807, 2.05) is 18.2 Å². The van der Waals surface area contributed by atoms with Crippen LogP contribution in [0.2, 0.25) is 0 Å². The number of aliphatic imine (C=N–C) groups is 1. The molecule has 2 heterocycles. The Morgan fingerprint density at radius 2 is 1.04 bits per heavy atom. The Labute approximate surface area is 320 Å². The van der Waals surface area contributed by atoms with Gasteiger partial charge in [-0.25, -0.2) is 4.99 Å². The van der Waals surface area contributed by atoms with Gasteiger partial charge in [-0.05, 0) is 96.3 Å². The van der Waals surface area contributed by atoms with Gasteiger partial charge < -0.3 is 14.9 Å². The van der Waals surface area contributed by atoms with Gasteiger partial charge in [0.2, 0.25) is 0 Å². The minimum Gasteiger partial charge on any atom is -0.398 e. The zero-order valence-electron chi connectivity index (χ0n) is 30.4. The van der Waals surface area contributed by atoms with Crippen LogP contribution in [0.3, 0.4) is 0 Å². The number of rotatable bonds is 6. The summed E-state index contributed by atoms with van der Waals surface area (Å²) in [5.74, 6) is 0. The Kier molecular flexibility index (Phi) is 7.88. The molecule has 0 aliphatic heterocycles. The smallest absolute Gasteiger partial charge is 0.0686 e. The van der Waals surface area contributed by atoms with E-state index in [0.29, 0.717) is 5.70 Å². The third kappa shape index (κ3) is 5.58. The molecule has 2 N–H and O–H groups in total. The molecule has 262 valence electrons. The summed E-state index contributed by atoms with van der Waals surface area (Å²) in [6, 6.07) is 60.4. The Bertz CT molecular complexity index is 3050. The highest BCUT2D eigenvalue weighted by Crippen LogP contribution is 2.38. The molecule has 0 unspecified atom stereocenters. The lowest BCUT2D eigenvalue weighted by Gasteiger charge is -2.17. The normalized spacial score (nSPS) is 14.7. The Morgan fingerprint density at radius 1 is 0.509 bits per heavy atom. The zero-order valence-corrected chi connectivity index (χ0v) is 30.4. The second kappa shape index (κ2) is 13.4. The fraction of sp³-hybridized carbons (Fsp3) is 0.0392. The molecule has 0 spiro atoms. The van der Waals surface area contributed by atoms with Crippen molar-refractivity contribution in [1.82, 2.24) is 9.13 Å². The summed E-state index contributed by atoms with van der Waals surface area (Å²) in [7, 11) is 0. The van der Waals surface area contributed by atoms with Crippen molar-refractivity contribution >= 4 is 60.7 Å². The number of hydrogen-bond acceptors (Lipinski definition) is 2. The van der Waals surface area contributed by atoms with Crippen molar-refractivity contribution in [3.63, 3.8) is 0 Å². The number of nitrogens with zero attached hydrogens (tertiary/aromatic N) is 3. The number of fused-ring (bicyclic) bond motifs is 6. The first kappa shape index (κ1) is 32.5. The molecule has 1 aliphatic carbocycles. The lowest BCUT2D eigenvalue weighted by molar-refractivity contribution is 1.00. The summed E-state index contributed by atoms with van der Waals surface area (Å²) in [5.41, 5.74) is 21.4. The van der Waals surface area contributed by atoms with E-state index in [-0.39, 0.29) is 0 Å². The topological polar surface area (TPSA) is 48.2 Å². The molecule has 0 saturated carbocycles. The van der Waals surface area contributed by atoms with E-state index >= 15 is 0 Å². The summed E-state index contributed by atoms with van der Waals surface area (Å²) in [4.78, 5) is 5.07. The van der Waals surface area contributed by atoms with E-state index < -0.39 is 0 Å². The summed E-state index contributed by atoms with van der Waals surface area (Å²) < 4.78 is 4.72. The van der Waals surface area contributed by atoms with Gasteiger partial charge in [-0.2, -0.15) is 0 Å². The molecule has 7 aromatic carbocycles. The van der Waals surface area contributed by atoms with Crippen molar-refractivity contribution in [2.45, 2.75) is 12.8 Å². The average Bonchev–Trinajstić information content (AvgIpc) is 3.76. The van der Waals surface area contributed by atoms with Crippen molar-refractivity contribution in [3.05, 3.63) is 205 Å². The molecule has 0 saturated heterocycles. The number of allylic oxidation sites excluding steroid dienone is 3. The molecule has 2 aromatic heterocycles. The molecule has 4 heteroatoms. The Morgan fingerprint density at radius 3 is 1.69 bits per heavy atom. The van der Waals surface area contributed by atoms with Gasteiger partial charge in [-0.1, -0.05) is 122 Å². The van der Waals surface area contributed by atoms with Crippen LogP contribution >= 0.6 is 0 Å². The quantitative estimate of drug-likeness (QED) is 0.184. The van der Waals surface area contributed by atoms with E-state index in [9.17, 15) is 0 Å². The highest BCUT2D eigenvalue weighted by atomic mass is 15.0. The number of nitrogens with two attached hydrogens (primary N) is 1. The van der Waals surface area contributed by atoms with E-state index in [0.717, 1.165) is 63.4 Å². The van der Waals surface area contributed by atoms with Gasteiger partial charge >= 0.3 is 0 Å². The van der Waals surface area contributed by atoms with E-state index in [2.05, 4.69) is 180 Å². The SMILES string of the molecule is C=C(/N=C1/C=CCC/C1=C(/N)c1ccccc1)c1cccc(-n2c3ccccc3c3cc(-c4ccc5c(c4)c4ccccc4n5-c4ccccc4)ccc32)c1. The number of aromatic nitrogens is 2. The van der Waals surface area contributed by atoms with E-state index in [1.54, 1.807) is 0 Å². The van der Waals surface area contributed by atoms with Crippen molar-refractivity contribution in [3.8, 4) is 22.5 Å². The van der Waals surface area contributed by atoms with Gasteiger partial charge in [0.05, 0.1) is 33.5 Å². The second-order valence-corrected chi connectivity index (χ2v) is 14.2. The molecular weight excluding hydrogens is 669 g/mol. The fourth-order valence-electron chi connectivity index (χ4n) is 8.29. The maximum absolute atomic E-state index is 6.72. The van der Waals surface area contributed by atoms with Crippen LogP contribution in [0.25, 0.3) is 77.5 Å². The number of para-hydroxylation sites is 3. The van der Waals surface area contributed by atoms with Gasteiger partial charge in [0.25, 0.3) is 0 Å². The maximum atomic E-state index is 6.72. The van der Waals surface area contributed by atoms with Gasteiger partial charge in [-0.3, -0.25) is 0 Å². The third-order valence-electron chi connectivity index (χ3n) is 10.9. The van der Waals surface area contributed by atoms with Crippen LogP contribution < -0.4 is 5.73 Å². The standard InChI is InChI=1S/C51H38N4/c1-34(53-46-24-11-8-23-43(46)51(52)35-15-4-2-5-16-35)36-17-14-20-40(31-36)55-48-26-13-10-22-42(48)45-33-38(28-30-50(45)55)37-27-29-49-44(32-37)41-21-9-12-25-47(41)54(49)39-18-6-3-7-19-39/h2-7,9-22,24-33H,1,8,23,52H2/b51-43-,53-46-. The minimum absolute atomic E-state index is 0.703. The molecule has 9 aromatic rings. The first-order chi connectivity index (χ1) is 27.1. The van der Waals surface area contributed by atoms with Crippen LogP contribution in [-0.2, 0) is 0 Å². The van der Waals surface area contributed by atoms with Gasteiger partial charge in [-0.15, -0.1) is 0 Å². The monoisotopic (exact) mass is 706 g/mol. The van der Waals surface area contributed by atoms with Gasteiger partial charge in [0.15, 0.2) is 0 Å². The van der Waals surface area contributed by atoms with Crippen molar-refractivity contribution < 1.29 is 0 Å². The van der Waals surface area contributed by atoms with Crippen LogP contribution in [0.5, 0.6) is 0 Å². The van der Waals surface area contributed by atoms with Gasteiger partial charge in [0, 0.05) is 49.8 Å². The zero-order chi connectivity index (χ0) is 36.9. The molecule has 0 atom stereocenters. The lowest BCUT2D eigenvalue weighted by Crippen LogP contribution is -2.12. The third-order valence-corrected chi connectivity index (χ3v) is 10.9. The first-order valence-corrected chi connectivity index (χ1v) is 18.8. The van der Waals surface area contributed by atoms with Crippen molar-refractivity contribution in [1.29, 1.82) is 0 Å². The fourth-order valence-corrected chi connectivity index (χ4v) is 8.29. The summed E-state index contributed by atoms with van der Waals surface area (Å²) in [6.45, 7) is 4.44. The Balaban J connectivity index is 1.06. The molecule has 10 rings (SSSR count). The molecule has 0 amide bonds. The number of hydrogen-bond donors (Lipinski definition) is 1. The van der Waals surface area contributed by atoms with Crippen LogP contribution in [0.4, 0.5) is 0 Å². The predicted octanol–water partition coefficient (Wildman–Crippen LogP) is 12.7. The number of benzene rings is 7. The molecule has 55 heavy (non-hydrogen) atoms. The van der Waals surface area contributed by atoms with E-state index in [1.165, 1.54) is 43.7 Å². The lowest BCUT2D eigenvalue weighted by atomic mass is 9.94. The average molecular weight is 707 g/mol. The van der Waals surface area contributed by atoms with Crippen LogP contribution in [0.15, 0.2) is 199 Å². The molecular formula is C51H38N4. The molecule has 0 bridgehead atoms. The predicted molar refractivity (Wildman–Crippen MR) is 233 cm³/mol. The van der Waals surface area contributed by atoms with Crippen LogP contribution in [0.1, 0.15) is 24.0 Å². The minimum atomic E-state index is 0.703. The summed E-state index contributed by atoms with van der Waals surface area (Å²) in [5, 5.41) is 4.92. The highest BCUT2D eigenvalue weighted by molar-refractivity contribution is 6.15. The second-order valence-electron chi connectivity index (χ2n) is 14.2. The van der Waals surface area contributed by atoms with Crippen molar-refractivity contribution in [2.24, 2.45) is 10.7 Å². The maximum Gasteiger partial charge on any atom is 0.0686 e. The van der Waals surface area contributed by atoms with Gasteiger partial charge in [0.1, 0.15) is 0 Å². The van der Waals surface area contributed by atoms with E-state index in [4.69, 9.17) is 10.7 Å². The molecule has 0 radical (unpaired) electrons. The Hall–Kier alpha value is -7.17. The first-order valence-electron chi connectivity index (χ1n) is 18.8. The largest absolute Gasteiger partial charge is 0.398 e. The summed E-state index contributed by atoms with van der Waals surface area (Å²) >= 11 is 0. The molecule has 4 nitrogen and oxygen atoms in total. The highest BCUT2D eigenvalue weighted by Gasteiger charge is 2.18.